The molecule has 114 valence electrons. The van der Waals surface area contributed by atoms with Gasteiger partial charge in [-0.15, -0.1) is 0 Å². The number of anilines is 1. The van der Waals surface area contributed by atoms with Crippen molar-refractivity contribution in [2.75, 3.05) is 19.3 Å². The smallest absolute Gasteiger partial charge is 0.251 e. The molecular formula is C16H23N3O2. The van der Waals surface area contributed by atoms with Crippen LogP contribution in [0.4, 0.5) is 5.69 Å². The molecule has 1 aromatic rings. The summed E-state index contributed by atoms with van der Waals surface area (Å²) < 4.78 is 0. The molecular weight excluding hydrogens is 266 g/mol. The molecule has 1 aromatic carbocycles. The molecule has 1 aliphatic carbocycles. The molecule has 0 radical (unpaired) electrons. The van der Waals surface area contributed by atoms with Crippen molar-refractivity contribution in [3.8, 4) is 0 Å². The number of carbonyl (C=O) groups is 2. The van der Waals surface area contributed by atoms with E-state index in [1.165, 1.54) is 19.3 Å². The molecule has 0 atom stereocenters. The molecule has 0 bridgehead atoms. The summed E-state index contributed by atoms with van der Waals surface area (Å²) in [5, 5.41) is 2.67. The van der Waals surface area contributed by atoms with Crippen LogP contribution in [0.3, 0.4) is 0 Å². The Kier molecular flexibility index (Phi) is 5.20. The lowest BCUT2D eigenvalue weighted by Crippen LogP contribution is -2.44. The number of benzene rings is 1. The number of amides is 2. The number of carbonyl (C=O) groups excluding carboxylic acids is 2. The van der Waals surface area contributed by atoms with Crippen LogP contribution < -0.4 is 11.1 Å². The largest absolute Gasteiger partial charge is 0.399 e. The second-order valence-corrected chi connectivity index (χ2v) is 5.60. The number of nitrogens with one attached hydrogen (secondary N) is 1. The van der Waals surface area contributed by atoms with E-state index in [-0.39, 0.29) is 18.4 Å². The minimum absolute atomic E-state index is 0.0364. The van der Waals surface area contributed by atoms with E-state index in [0.717, 1.165) is 12.8 Å². The molecule has 0 unspecified atom stereocenters. The Morgan fingerprint density at radius 2 is 1.81 bits per heavy atom. The minimum atomic E-state index is -0.250. The van der Waals surface area contributed by atoms with Gasteiger partial charge in [-0.25, -0.2) is 0 Å². The van der Waals surface area contributed by atoms with E-state index >= 15 is 0 Å². The third kappa shape index (κ3) is 4.21. The summed E-state index contributed by atoms with van der Waals surface area (Å²) in [5.74, 6) is -0.286. The minimum Gasteiger partial charge on any atom is -0.399 e. The molecule has 0 saturated heterocycles. The van der Waals surface area contributed by atoms with Crippen LogP contribution in [0.15, 0.2) is 24.3 Å². The van der Waals surface area contributed by atoms with Crippen molar-refractivity contribution in [3.05, 3.63) is 29.8 Å². The molecule has 0 aliphatic heterocycles. The summed E-state index contributed by atoms with van der Waals surface area (Å²) in [4.78, 5) is 25.8. The van der Waals surface area contributed by atoms with E-state index in [9.17, 15) is 9.59 Å². The third-order valence-corrected chi connectivity index (χ3v) is 4.09. The van der Waals surface area contributed by atoms with E-state index in [1.807, 2.05) is 7.05 Å². The van der Waals surface area contributed by atoms with Crippen molar-refractivity contribution >= 4 is 17.5 Å². The van der Waals surface area contributed by atoms with Gasteiger partial charge in [-0.2, -0.15) is 0 Å². The van der Waals surface area contributed by atoms with E-state index in [0.29, 0.717) is 17.3 Å². The van der Waals surface area contributed by atoms with Crippen LogP contribution in [0.5, 0.6) is 0 Å². The lowest BCUT2D eigenvalue weighted by molar-refractivity contribution is -0.131. The van der Waals surface area contributed by atoms with Crippen LogP contribution in [-0.2, 0) is 4.79 Å². The Balaban J connectivity index is 1.82. The van der Waals surface area contributed by atoms with Crippen LogP contribution >= 0.6 is 0 Å². The molecule has 2 rings (SSSR count). The van der Waals surface area contributed by atoms with E-state index in [4.69, 9.17) is 5.73 Å². The highest BCUT2D eigenvalue weighted by molar-refractivity contribution is 5.96. The average molecular weight is 289 g/mol. The highest BCUT2D eigenvalue weighted by Gasteiger charge is 2.22. The lowest BCUT2D eigenvalue weighted by atomic mass is 9.94. The summed E-state index contributed by atoms with van der Waals surface area (Å²) in [6, 6.07) is 6.97. The SMILES string of the molecule is CN(C(=O)CNC(=O)c1ccc(N)cc1)C1CCCCC1. The maximum atomic E-state index is 12.1. The monoisotopic (exact) mass is 289 g/mol. The van der Waals surface area contributed by atoms with Gasteiger partial charge in [-0.05, 0) is 37.1 Å². The molecule has 1 saturated carbocycles. The summed E-state index contributed by atoms with van der Waals surface area (Å²) in [6.07, 6.45) is 5.74. The quantitative estimate of drug-likeness (QED) is 0.830. The van der Waals surface area contributed by atoms with Gasteiger partial charge in [0.25, 0.3) is 5.91 Å². The third-order valence-electron chi connectivity index (χ3n) is 4.09. The molecule has 3 N–H and O–H groups in total. The Labute approximate surface area is 125 Å². The van der Waals surface area contributed by atoms with Gasteiger partial charge in [-0.1, -0.05) is 19.3 Å². The van der Waals surface area contributed by atoms with Gasteiger partial charge in [0.1, 0.15) is 0 Å². The van der Waals surface area contributed by atoms with Gasteiger partial charge in [0.05, 0.1) is 6.54 Å². The predicted octanol–water partition coefficient (Wildman–Crippen LogP) is 1.79. The number of likely N-dealkylation sites (N-methyl/N-ethyl adjacent to an activating group) is 1. The molecule has 5 nitrogen and oxygen atoms in total. The van der Waals surface area contributed by atoms with Crippen LogP contribution in [0.1, 0.15) is 42.5 Å². The molecule has 1 aliphatic rings. The Morgan fingerprint density at radius 3 is 2.43 bits per heavy atom. The fourth-order valence-electron chi connectivity index (χ4n) is 2.69. The first-order valence-corrected chi connectivity index (χ1v) is 7.47. The topological polar surface area (TPSA) is 75.4 Å². The predicted molar refractivity (Wildman–Crippen MR) is 82.8 cm³/mol. The molecule has 0 heterocycles. The zero-order valence-electron chi connectivity index (χ0n) is 12.5. The second-order valence-electron chi connectivity index (χ2n) is 5.60. The van der Waals surface area contributed by atoms with Crippen molar-refractivity contribution in [1.82, 2.24) is 10.2 Å². The Bertz CT molecular complexity index is 493. The molecule has 0 spiro atoms. The van der Waals surface area contributed by atoms with Crippen molar-refractivity contribution in [1.29, 1.82) is 0 Å². The van der Waals surface area contributed by atoms with Crippen LogP contribution in [0.2, 0.25) is 0 Å². The Hall–Kier alpha value is -2.04. The maximum Gasteiger partial charge on any atom is 0.251 e. The van der Waals surface area contributed by atoms with Gasteiger partial charge >= 0.3 is 0 Å². The second kappa shape index (κ2) is 7.11. The van der Waals surface area contributed by atoms with E-state index in [2.05, 4.69) is 5.32 Å². The number of nitrogens with zero attached hydrogens (tertiary/aromatic N) is 1. The van der Waals surface area contributed by atoms with Crippen LogP contribution in [-0.4, -0.2) is 36.3 Å². The first-order chi connectivity index (χ1) is 10.1. The molecule has 0 aromatic heterocycles. The fourth-order valence-corrected chi connectivity index (χ4v) is 2.69. The Morgan fingerprint density at radius 1 is 1.19 bits per heavy atom. The first-order valence-electron chi connectivity index (χ1n) is 7.47. The van der Waals surface area contributed by atoms with Crippen molar-refractivity contribution in [3.63, 3.8) is 0 Å². The van der Waals surface area contributed by atoms with Crippen molar-refractivity contribution < 1.29 is 9.59 Å². The summed E-state index contributed by atoms with van der Waals surface area (Å²) in [6.45, 7) is 0.0379. The normalized spacial score (nSPS) is 15.5. The summed E-state index contributed by atoms with van der Waals surface area (Å²) in [7, 11) is 1.83. The summed E-state index contributed by atoms with van der Waals surface area (Å²) in [5.41, 5.74) is 6.70. The first kappa shape index (κ1) is 15.4. The van der Waals surface area contributed by atoms with Crippen LogP contribution in [0, 0.1) is 0 Å². The fraction of sp³-hybridized carbons (Fsp3) is 0.500. The molecule has 2 amide bonds. The highest BCUT2D eigenvalue weighted by Crippen LogP contribution is 2.21. The average Bonchev–Trinajstić information content (AvgIpc) is 2.53. The highest BCUT2D eigenvalue weighted by atomic mass is 16.2. The number of hydrogen-bond acceptors (Lipinski definition) is 3. The number of nitrogens with two attached hydrogens (primary N) is 1. The molecule has 5 heteroatoms. The molecule has 1 fully saturated rings. The standard InChI is InChI=1S/C16H23N3O2/c1-19(14-5-3-2-4-6-14)15(20)11-18-16(21)12-7-9-13(17)10-8-12/h7-10,14H,2-6,11,17H2,1H3,(H,18,21). The van der Waals surface area contributed by atoms with E-state index in [1.54, 1.807) is 29.2 Å². The van der Waals surface area contributed by atoms with Gasteiger partial charge in [0, 0.05) is 24.3 Å². The number of nitrogen functional groups attached to an aromatic ring is 1. The van der Waals surface area contributed by atoms with Crippen molar-refractivity contribution in [2.45, 2.75) is 38.1 Å². The maximum absolute atomic E-state index is 12.1. The molecule has 21 heavy (non-hydrogen) atoms. The van der Waals surface area contributed by atoms with E-state index < -0.39 is 0 Å². The van der Waals surface area contributed by atoms with Crippen LogP contribution in [0.25, 0.3) is 0 Å². The van der Waals surface area contributed by atoms with Gasteiger partial charge in [0.2, 0.25) is 5.91 Å². The van der Waals surface area contributed by atoms with Crippen molar-refractivity contribution in [2.24, 2.45) is 0 Å². The summed E-state index contributed by atoms with van der Waals surface area (Å²) >= 11 is 0. The van der Waals surface area contributed by atoms with Gasteiger partial charge < -0.3 is 16.0 Å². The lowest BCUT2D eigenvalue weighted by Gasteiger charge is -2.31. The number of rotatable bonds is 4. The van der Waals surface area contributed by atoms with Gasteiger partial charge in [-0.3, -0.25) is 9.59 Å². The zero-order valence-corrected chi connectivity index (χ0v) is 12.5. The zero-order chi connectivity index (χ0) is 15.2. The number of hydrogen-bond donors (Lipinski definition) is 2. The van der Waals surface area contributed by atoms with Gasteiger partial charge in [0.15, 0.2) is 0 Å².